The van der Waals surface area contributed by atoms with Crippen LogP contribution in [-0.2, 0) is 11.0 Å². The Hall–Kier alpha value is -2.09. The summed E-state index contributed by atoms with van der Waals surface area (Å²) in [4.78, 5) is 20.8. The van der Waals surface area contributed by atoms with Gasteiger partial charge < -0.3 is 9.80 Å². The molecule has 0 aliphatic carbocycles. The molecule has 2 aromatic heterocycles. The van der Waals surface area contributed by atoms with E-state index in [-0.39, 0.29) is 30.2 Å². The number of alkyl halides is 3. The van der Waals surface area contributed by atoms with E-state index in [0.29, 0.717) is 25.9 Å². The van der Waals surface area contributed by atoms with E-state index >= 15 is 0 Å². The third-order valence-corrected chi connectivity index (χ3v) is 6.33. The Labute approximate surface area is 166 Å². The summed E-state index contributed by atoms with van der Waals surface area (Å²) in [5.74, 6) is -0.303. The van der Waals surface area contributed by atoms with E-state index in [1.807, 2.05) is 10.3 Å². The lowest BCUT2D eigenvalue weighted by atomic mass is 9.95. The monoisotopic (exact) mass is 409 g/mol. The fourth-order valence-electron chi connectivity index (χ4n) is 4.32. The smallest absolute Gasteiger partial charge is 0.355 e. The highest BCUT2D eigenvalue weighted by Gasteiger charge is 2.39. The van der Waals surface area contributed by atoms with Crippen molar-refractivity contribution in [2.45, 2.75) is 37.9 Å². The van der Waals surface area contributed by atoms with Crippen LogP contribution in [0.3, 0.4) is 0 Å². The summed E-state index contributed by atoms with van der Waals surface area (Å²) in [5, 5.41) is 4.09. The molecular formula is C20H22F3N3OS. The average Bonchev–Trinajstić information content (AvgIpc) is 3.38. The van der Waals surface area contributed by atoms with Crippen LogP contribution in [0.15, 0.2) is 35.2 Å². The molecule has 0 bridgehead atoms. The maximum Gasteiger partial charge on any atom is 0.419 e. The van der Waals surface area contributed by atoms with Gasteiger partial charge in [-0.05, 0) is 60.2 Å². The normalized spacial score (nSPS) is 23.2. The number of hydrogen-bond acceptors (Lipinski definition) is 4. The molecule has 4 rings (SSSR count). The van der Waals surface area contributed by atoms with Crippen LogP contribution in [0.5, 0.6) is 0 Å². The summed E-state index contributed by atoms with van der Waals surface area (Å²) in [5.41, 5.74) is 0.424. The Kier molecular flexibility index (Phi) is 5.31. The number of halogens is 3. The molecule has 1 amide bonds. The SMILES string of the molecule is O=C([C@@H]1CCCN(c2ncccc2C(F)(F)F)C1)N1CCC[C@@H]1c1ccsc1. The highest BCUT2D eigenvalue weighted by atomic mass is 32.1. The molecule has 2 aliphatic rings. The fourth-order valence-corrected chi connectivity index (χ4v) is 5.02. The number of amides is 1. The number of hydrogen-bond donors (Lipinski definition) is 0. The Morgan fingerprint density at radius 2 is 2.00 bits per heavy atom. The molecule has 4 heterocycles. The number of pyridine rings is 1. The molecule has 2 atom stereocenters. The van der Waals surface area contributed by atoms with Crippen molar-refractivity contribution in [1.29, 1.82) is 0 Å². The Bertz CT molecular complexity index is 824. The second-order valence-corrected chi connectivity index (χ2v) is 8.18. The van der Waals surface area contributed by atoms with Gasteiger partial charge in [-0.3, -0.25) is 4.79 Å². The summed E-state index contributed by atoms with van der Waals surface area (Å²) in [6, 6.07) is 4.50. The molecule has 2 fully saturated rings. The van der Waals surface area contributed by atoms with Crippen molar-refractivity contribution in [3.05, 3.63) is 46.3 Å². The van der Waals surface area contributed by atoms with Crippen LogP contribution in [0.4, 0.5) is 19.0 Å². The van der Waals surface area contributed by atoms with Gasteiger partial charge in [-0.25, -0.2) is 4.98 Å². The first kappa shape index (κ1) is 19.2. The molecule has 0 N–H and O–H groups in total. The second-order valence-electron chi connectivity index (χ2n) is 7.40. The molecule has 8 heteroatoms. The van der Waals surface area contributed by atoms with Crippen molar-refractivity contribution in [2.24, 2.45) is 5.92 Å². The van der Waals surface area contributed by atoms with Crippen LogP contribution in [0.2, 0.25) is 0 Å². The molecule has 0 radical (unpaired) electrons. The quantitative estimate of drug-likeness (QED) is 0.735. The van der Waals surface area contributed by atoms with Gasteiger partial charge in [0.2, 0.25) is 5.91 Å². The summed E-state index contributed by atoms with van der Waals surface area (Å²) in [6.45, 7) is 1.48. The van der Waals surface area contributed by atoms with Crippen LogP contribution >= 0.6 is 11.3 Å². The highest BCUT2D eigenvalue weighted by Crippen LogP contribution is 2.38. The van der Waals surface area contributed by atoms with Crippen LogP contribution in [0.1, 0.15) is 42.9 Å². The minimum absolute atomic E-state index is 0.0582. The lowest BCUT2D eigenvalue weighted by molar-refractivity contribution is -0.137. The molecule has 2 aliphatic heterocycles. The number of thiophene rings is 1. The topological polar surface area (TPSA) is 36.4 Å². The summed E-state index contributed by atoms with van der Waals surface area (Å²) in [6.07, 6.45) is 0.207. The second kappa shape index (κ2) is 7.73. The fraction of sp³-hybridized carbons (Fsp3) is 0.500. The number of nitrogens with zero attached hydrogens (tertiary/aromatic N) is 3. The average molecular weight is 409 g/mol. The van der Waals surface area contributed by atoms with Crippen LogP contribution in [0, 0.1) is 5.92 Å². The Morgan fingerprint density at radius 1 is 1.18 bits per heavy atom. The highest BCUT2D eigenvalue weighted by molar-refractivity contribution is 7.08. The number of carbonyl (C=O) groups excluding carboxylic acids is 1. The first-order valence-corrected chi connectivity index (χ1v) is 10.5. The number of likely N-dealkylation sites (tertiary alicyclic amines) is 1. The number of aromatic nitrogens is 1. The summed E-state index contributed by atoms with van der Waals surface area (Å²) >= 11 is 1.62. The van der Waals surface area contributed by atoms with Gasteiger partial charge in [0.1, 0.15) is 5.82 Å². The van der Waals surface area contributed by atoms with Crippen molar-refractivity contribution in [2.75, 3.05) is 24.5 Å². The first-order valence-electron chi connectivity index (χ1n) is 9.55. The predicted molar refractivity (Wildman–Crippen MR) is 102 cm³/mol. The van der Waals surface area contributed by atoms with Gasteiger partial charge in [0.15, 0.2) is 0 Å². The summed E-state index contributed by atoms with van der Waals surface area (Å²) < 4.78 is 40.1. The van der Waals surface area contributed by atoms with E-state index in [1.54, 1.807) is 16.2 Å². The van der Waals surface area contributed by atoms with E-state index in [0.717, 1.165) is 24.5 Å². The largest absolute Gasteiger partial charge is 0.419 e. The molecule has 150 valence electrons. The molecular weight excluding hydrogens is 387 g/mol. The van der Waals surface area contributed by atoms with Crippen molar-refractivity contribution in [3.63, 3.8) is 0 Å². The molecule has 0 spiro atoms. The first-order chi connectivity index (χ1) is 13.4. The standard InChI is InChI=1S/C20H22F3N3OS/c21-20(22,23)16-5-1-8-24-18(16)25-9-2-4-14(12-25)19(27)26-10-3-6-17(26)15-7-11-28-13-15/h1,5,7-8,11,13-14,17H,2-4,6,9-10,12H2/t14-,17-/m1/s1. The maximum absolute atomic E-state index is 13.4. The molecule has 2 aromatic rings. The van der Waals surface area contributed by atoms with E-state index in [9.17, 15) is 18.0 Å². The lowest BCUT2D eigenvalue weighted by Crippen LogP contribution is -2.45. The van der Waals surface area contributed by atoms with Gasteiger partial charge in [0.05, 0.1) is 17.5 Å². The van der Waals surface area contributed by atoms with Gasteiger partial charge in [-0.1, -0.05) is 0 Å². The Morgan fingerprint density at radius 3 is 2.75 bits per heavy atom. The molecule has 4 nitrogen and oxygen atoms in total. The van der Waals surface area contributed by atoms with Gasteiger partial charge in [0.25, 0.3) is 0 Å². The molecule has 28 heavy (non-hydrogen) atoms. The summed E-state index contributed by atoms with van der Waals surface area (Å²) in [7, 11) is 0. The molecule has 0 aromatic carbocycles. The van der Waals surface area contributed by atoms with Gasteiger partial charge in [0, 0.05) is 25.8 Å². The van der Waals surface area contributed by atoms with Crippen molar-refractivity contribution < 1.29 is 18.0 Å². The minimum atomic E-state index is -4.46. The van der Waals surface area contributed by atoms with Crippen molar-refractivity contribution in [3.8, 4) is 0 Å². The lowest BCUT2D eigenvalue weighted by Gasteiger charge is -2.37. The predicted octanol–water partition coefficient (Wildman–Crippen LogP) is 4.74. The molecule has 2 saturated heterocycles. The van der Waals surface area contributed by atoms with E-state index in [2.05, 4.69) is 16.4 Å². The van der Waals surface area contributed by atoms with Crippen molar-refractivity contribution in [1.82, 2.24) is 9.88 Å². The Balaban J connectivity index is 1.52. The van der Waals surface area contributed by atoms with Gasteiger partial charge in [-0.15, -0.1) is 0 Å². The van der Waals surface area contributed by atoms with Crippen LogP contribution < -0.4 is 4.90 Å². The van der Waals surface area contributed by atoms with Gasteiger partial charge >= 0.3 is 6.18 Å². The zero-order chi connectivity index (χ0) is 19.7. The molecule has 0 unspecified atom stereocenters. The number of anilines is 1. The number of rotatable bonds is 3. The zero-order valence-corrected chi connectivity index (χ0v) is 16.2. The maximum atomic E-state index is 13.4. The zero-order valence-electron chi connectivity index (χ0n) is 15.4. The third kappa shape index (κ3) is 3.74. The van der Waals surface area contributed by atoms with Crippen molar-refractivity contribution >= 4 is 23.1 Å². The van der Waals surface area contributed by atoms with Gasteiger partial charge in [-0.2, -0.15) is 24.5 Å². The molecule has 0 saturated carbocycles. The number of carbonyl (C=O) groups is 1. The van der Waals surface area contributed by atoms with Crippen LogP contribution in [-0.4, -0.2) is 35.4 Å². The van der Waals surface area contributed by atoms with E-state index < -0.39 is 11.7 Å². The number of piperidine rings is 1. The van der Waals surface area contributed by atoms with E-state index in [1.165, 1.54) is 12.3 Å². The minimum Gasteiger partial charge on any atom is -0.355 e. The van der Waals surface area contributed by atoms with E-state index in [4.69, 9.17) is 0 Å². The van der Waals surface area contributed by atoms with Crippen LogP contribution in [0.25, 0.3) is 0 Å². The third-order valence-electron chi connectivity index (χ3n) is 5.63.